The number of carbonyl (C=O) groups excluding carboxylic acids is 1. The summed E-state index contributed by atoms with van der Waals surface area (Å²) < 4.78 is 11.7. The van der Waals surface area contributed by atoms with Crippen LogP contribution in [0.25, 0.3) is 0 Å². The molecule has 1 N–H and O–H groups in total. The molecule has 0 bridgehead atoms. The van der Waals surface area contributed by atoms with Crippen LogP contribution in [0.3, 0.4) is 0 Å². The van der Waals surface area contributed by atoms with Gasteiger partial charge in [0.2, 0.25) is 11.0 Å². The molecule has 1 aliphatic heterocycles. The SMILES string of the molecule is O=C(O)CC1SC(c2cccc(Oc3ccccc3)c2)N(c2nnc(COc3c(Cl)cc(Cl)cc3Cl)s2)C1=O. The Hall–Kier alpha value is -3.02. The highest BCUT2D eigenvalue weighted by atomic mass is 35.5. The number of carboxylic acids is 1. The van der Waals surface area contributed by atoms with E-state index >= 15 is 0 Å². The van der Waals surface area contributed by atoms with Crippen LogP contribution >= 0.6 is 57.9 Å². The number of nitrogens with zero attached hydrogens (tertiary/aromatic N) is 3. The van der Waals surface area contributed by atoms with E-state index in [1.54, 1.807) is 0 Å². The Kier molecular flexibility index (Phi) is 8.49. The van der Waals surface area contributed by atoms with E-state index in [9.17, 15) is 14.7 Å². The van der Waals surface area contributed by atoms with Crippen LogP contribution in [0.2, 0.25) is 15.1 Å². The highest BCUT2D eigenvalue weighted by molar-refractivity contribution is 8.01. The number of halogens is 3. The summed E-state index contributed by atoms with van der Waals surface area (Å²) in [6, 6.07) is 19.6. The molecule has 1 fully saturated rings. The van der Waals surface area contributed by atoms with E-state index in [0.29, 0.717) is 26.7 Å². The van der Waals surface area contributed by atoms with Crippen molar-refractivity contribution in [3.8, 4) is 17.2 Å². The van der Waals surface area contributed by atoms with Gasteiger partial charge >= 0.3 is 5.97 Å². The molecule has 1 saturated heterocycles. The van der Waals surface area contributed by atoms with Gasteiger partial charge in [0.1, 0.15) is 23.5 Å². The molecule has 200 valence electrons. The van der Waals surface area contributed by atoms with Crippen molar-refractivity contribution < 1.29 is 24.2 Å². The molecule has 39 heavy (non-hydrogen) atoms. The van der Waals surface area contributed by atoms with Crippen LogP contribution in [0, 0.1) is 0 Å². The first-order valence-electron chi connectivity index (χ1n) is 11.4. The van der Waals surface area contributed by atoms with Crippen molar-refractivity contribution in [3.05, 3.63) is 92.4 Å². The fourth-order valence-corrected chi connectivity index (χ4v) is 7.01. The molecule has 0 radical (unpaired) electrons. The van der Waals surface area contributed by atoms with Crippen LogP contribution in [0.1, 0.15) is 22.4 Å². The highest BCUT2D eigenvalue weighted by Gasteiger charge is 2.44. The molecule has 1 aliphatic rings. The number of aromatic nitrogens is 2. The Balaban J connectivity index is 1.40. The average Bonchev–Trinajstić information content (AvgIpc) is 3.48. The molecule has 1 aromatic heterocycles. The lowest BCUT2D eigenvalue weighted by Gasteiger charge is -2.21. The van der Waals surface area contributed by atoms with Crippen molar-refractivity contribution >= 4 is 74.9 Å². The largest absolute Gasteiger partial charge is 0.483 e. The Labute approximate surface area is 246 Å². The number of carboxylic acid groups (broad SMARTS) is 1. The summed E-state index contributed by atoms with van der Waals surface area (Å²) in [6.45, 7) is -0.00245. The van der Waals surface area contributed by atoms with Gasteiger partial charge in [0, 0.05) is 5.02 Å². The van der Waals surface area contributed by atoms with E-state index in [1.807, 2.05) is 54.6 Å². The van der Waals surface area contributed by atoms with Crippen molar-refractivity contribution in [1.82, 2.24) is 10.2 Å². The van der Waals surface area contributed by atoms with Crippen LogP contribution in [0.5, 0.6) is 17.2 Å². The number of para-hydroxylation sites is 1. The predicted octanol–water partition coefficient (Wildman–Crippen LogP) is 7.49. The Morgan fingerprint density at radius 3 is 2.41 bits per heavy atom. The van der Waals surface area contributed by atoms with Crippen molar-refractivity contribution in [1.29, 1.82) is 0 Å². The van der Waals surface area contributed by atoms with E-state index in [4.69, 9.17) is 44.3 Å². The third-order valence-electron chi connectivity index (χ3n) is 5.49. The fourth-order valence-electron chi connectivity index (χ4n) is 3.82. The lowest BCUT2D eigenvalue weighted by Crippen LogP contribution is -2.31. The van der Waals surface area contributed by atoms with Gasteiger partial charge in [-0.3, -0.25) is 14.5 Å². The third kappa shape index (κ3) is 6.42. The summed E-state index contributed by atoms with van der Waals surface area (Å²) in [5.41, 5.74) is 0.752. The Morgan fingerprint density at radius 1 is 0.974 bits per heavy atom. The molecule has 0 spiro atoms. The number of rotatable bonds is 9. The fraction of sp³-hybridized carbons (Fsp3) is 0.154. The van der Waals surface area contributed by atoms with E-state index < -0.39 is 16.6 Å². The quantitative estimate of drug-likeness (QED) is 0.205. The zero-order valence-corrected chi connectivity index (χ0v) is 23.7. The summed E-state index contributed by atoms with van der Waals surface area (Å²) >= 11 is 20.7. The van der Waals surface area contributed by atoms with E-state index in [-0.39, 0.29) is 34.7 Å². The molecular weight excluding hydrogens is 605 g/mol. The van der Waals surface area contributed by atoms with Crippen molar-refractivity contribution in [2.75, 3.05) is 4.90 Å². The minimum absolute atomic E-state index is 0.00245. The number of hydrogen-bond donors (Lipinski definition) is 1. The minimum Gasteiger partial charge on any atom is -0.483 e. The normalized spacial score (nSPS) is 16.9. The highest BCUT2D eigenvalue weighted by Crippen LogP contribution is 2.48. The molecule has 2 heterocycles. The lowest BCUT2D eigenvalue weighted by atomic mass is 10.2. The van der Waals surface area contributed by atoms with E-state index in [0.717, 1.165) is 16.9 Å². The van der Waals surface area contributed by atoms with Gasteiger partial charge in [0.25, 0.3) is 0 Å². The van der Waals surface area contributed by atoms with Crippen molar-refractivity contribution in [3.63, 3.8) is 0 Å². The molecule has 2 atom stereocenters. The first kappa shape index (κ1) is 27.5. The Morgan fingerprint density at radius 2 is 1.69 bits per heavy atom. The van der Waals surface area contributed by atoms with Gasteiger partial charge in [-0.1, -0.05) is 76.5 Å². The molecule has 3 aromatic carbocycles. The maximum Gasteiger partial charge on any atom is 0.305 e. The van der Waals surface area contributed by atoms with Crippen LogP contribution < -0.4 is 14.4 Å². The second-order valence-corrected chi connectivity index (χ2v) is 11.8. The average molecular weight is 623 g/mol. The lowest BCUT2D eigenvalue weighted by molar-refractivity contribution is -0.138. The van der Waals surface area contributed by atoms with Gasteiger partial charge in [0.15, 0.2) is 10.8 Å². The van der Waals surface area contributed by atoms with Gasteiger partial charge in [-0.2, -0.15) is 0 Å². The maximum absolute atomic E-state index is 13.4. The molecule has 0 saturated carbocycles. The van der Waals surface area contributed by atoms with Gasteiger partial charge in [-0.25, -0.2) is 0 Å². The summed E-state index contributed by atoms with van der Waals surface area (Å²) in [4.78, 5) is 26.3. The number of thioether (sulfide) groups is 1. The molecular formula is C26H18Cl3N3O5S2. The first-order valence-corrected chi connectivity index (χ1v) is 14.3. The summed E-state index contributed by atoms with van der Waals surface area (Å²) in [5.74, 6) is 0.0679. The van der Waals surface area contributed by atoms with Gasteiger partial charge in [-0.05, 0) is 42.0 Å². The second-order valence-electron chi connectivity index (χ2n) is 8.24. The first-order chi connectivity index (χ1) is 18.8. The van der Waals surface area contributed by atoms with Crippen LogP contribution in [0.4, 0.5) is 5.13 Å². The molecule has 5 rings (SSSR count). The summed E-state index contributed by atoms with van der Waals surface area (Å²) in [7, 11) is 0. The minimum atomic E-state index is -1.06. The van der Waals surface area contributed by atoms with Crippen molar-refractivity contribution in [2.45, 2.75) is 23.7 Å². The summed E-state index contributed by atoms with van der Waals surface area (Å²) in [5, 5.41) is 18.1. The van der Waals surface area contributed by atoms with E-state index in [2.05, 4.69) is 10.2 Å². The zero-order valence-electron chi connectivity index (χ0n) is 19.8. The zero-order chi connectivity index (χ0) is 27.5. The molecule has 8 nitrogen and oxygen atoms in total. The van der Waals surface area contributed by atoms with Gasteiger partial charge in [-0.15, -0.1) is 22.0 Å². The topological polar surface area (TPSA) is 102 Å². The van der Waals surface area contributed by atoms with Crippen LogP contribution in [-0.2, 0) is 16.2 Å². The number of benzene rings is 3. The van der Waals surface area contributed by atoms with Gasteiger partial charge < -0.3 is 14.6 Å². The number of hydrogen-bond acceptors (Lipinski definition) is 8. The number of amides is 1. The molecule has 0 aliphatic carbocycles. The van der Waals surface area contributed by atoms with Crippen LogP contribution in [-0.4, -0.2) is 32.4 Å². The number of anilines is 1. The number of carbonyl (C=O) groups is 2. The predicted molar refractivity (Wildman–Crippen MR) is 153 cm³/mol. The van der Waals surface area contributed by atoms with E-state index in [1.165, 1.54) is 28.8 Å². The van der Waals surface area contributed by atoms with Gasteiger partial charge in [0.05, 0.1) is 21.7 Å². The maximum atomic E-state index is 13.4. The third-order valence-corrected chi connectivity index (χ3v) is 8.60. The van der Waals surface area contributed by atoms with Crippen LogP contribution in [0.15, 0.2) is 66.7 Å². The molecule has 1 amide bonds. The number of ether oxygens (including phenoxy) is 2. The second kappa shape index (κ2) is 12.0. The number of aliphatic carboxylic acids is 1. The van der Waals surface area contributed by atoms with Crippen molar-refractivity contribution in [2.24, 2.45) is 0 Å². The molecule has 2 unspecified atom stereocenters. The molecule has 4 aromatic rings. The smallest absolute Gasteiger partial charge is 0.305 e. The molecule has 13 heteroatoms. The summed E-state index contributed by atoms with van der Waals surface area (Å²) in [6.07, 6.45) is -0.320. The Bertz CT molecular complexity index is 1500. The standard InChI is InChI=1S/C26H18Cl3N3O5S2/c27-15-10-18(28)23(19(29)11-15)36-13-21-30-31-26(39-21)32-24(35)20(12-22(33)34)38-25(32)14-5-4-8-17(9-14)37-16-6-2-1-3-7-16/h1-11,20,25H,12-13H2,(H,33,34). The monoisotopic (exact) mass is 621 g/mol.